The standard InChI is InChI=1S/C16H29N5/c1-11-12(20-16(5)9-7-6-8-10-16)18-14(15(2,3)4)19-13(11)21-17/h6-10,17H2,1-5H3,(H2,18,19,20,21). The number of nitrogen functional groups attached to an aromatic ring is 1. The number of aromatic nitrogens is 2. The van der Waals surface area contributed by atoms with Crippen LogP contribution in [0.25, 0.3) is 0 Å². The molecule has 0 radical (unpaired) electrons. The van der Waals surface area contributed by atoms with Crippen molar-refractivity contribution >= 4 is 11.6 Å². The Morgan fingerprint density at radius 1 is 1.05 bits per heavy atom. The molecule has 1 heterocycles. The Balaban J connectivity index is 2.37. The average Bonchev–Trinajstić information content (AvgIpc) is 2.40. The number of anilines is 2. The number of nitrogens with one attached hydrogen (secondary N) is 2. The van der Waals surface area contributed by atoms with Gasteiger partial charge in [-0.3, -0.25) is 0 Å². The predicted octanol–water partition coefficient (Wildman–Crippen LogP) is 3.50. The van der Waals surface area contributed by atoms with E-state index < -0.39 is 0 Å². The van der Waals surface area contributed by atoms with Crippen LogP contribution in [-0.4, -0.2) is 15.5 Å². The van der Waals surface area contributed by atoms with E-state index in [0.717, 1.165) is 17.2 Å². The number of hydrazine groups is 1. The van der Waals surface area contributed by atoms with Crippen molar-refractivity contribution in [1.82, 2.24) is 9.97 Å². The lowest BCUT2D eigenvalue weighted by Crippen LogP contribution is -2.38. The Labute approximate surface area is 128 Å². The summed E-state index contributed by atoms with van der Waals surface area (Å²) in [5, 5.41) is 3.67. The molecule has 4 N–H and O–H groups in total. The van der Waals surface area contributed by atoms with E-state index in [0.29, 0.717) is 5.82 Å². The molecule has 1 fully saturated rings. The first kappa shape index (κ1) is 16.0. The van der Waals surface area contributed by atoms with Crippen LogP contribution in [0, 0.1) is 6.92 Å². The normalized spacial score (nSPS) is 18.4. The highest BCUT2D eigenvalue weighted by atomic mass is 15.3. The van der Waals surface area contributed by atoms with Gasteiger partial charge < -0.3 is 10.7 Å². The highest BCUT2D eigenvalue weighted by molar-refractivity contribution is 5.58. The number of nitrogens with two attached hydrogens (primary N) is 1. The van der Waals surface area contributed by atoms with E-state index in [4.69, 9.17) is 10.8 Å². The van der Waals surface area contributed by atoms with E-state index in [1.165, 1.54) is 32.1 Å². The summed E-state index contributed by atoms with van der Waals surface area (Å²) < 4.78 is 0. The van der Waals surface area contributed by atoms with Gasteiger partial charge in [-0.1, -0.05) is 40.0 Å². The average molecular weight is 291 g/mol. The van der Waals surface area contributed by atoms with Crippen LogP contribution in [0.15, 0.2) is 0 Å². The third kappa shape index (κ3) is 3.64. The summed E-state index contributed by atoms with van der Waals surface area (Å²) in [6.45, 7) is 10.6. The van der Waals surface area contributed by atoms with Crippen LogP contribution in [0.5, 0.6) is 0 Å². The molecule has 0 saturated heterocycles. The van der Waals surface area contributed by atoms with Crippen molar-refractivity contribution in [2.45, 2.75) is 77.7 Å². The van der Waals surface area contributed by atoms with Gasteiger partial charge in [-0.2, -0.15) is 0 Å². The molecular weight excluding hydrogens is 262 g/mol. The molecule has 0 atom stereocenters. The van der Waals surface area contributed by atoms with E-state index in [-0.39, 0.29) is 11.0 Å². The monoisotopic (exact) mass is 291 g/mol. The maximum absolute atomic E-state index is 5.63. The van der Waals surface area contributed by atoms with E-state index in [1.807, 2.05) is 6.92 Å². The molecule has 1 aliphatic rings. The van der Waals surface area contributed by atoms with Gasteiger partial charge >= 0.3 is 0 Å². The molecule has 0 aliphatic heterocycles. The maximum Gasteiger partial charge on any atom is 0.148 e. The van der Waals surface area contributed by atoms with Crippen LogP contribution in [0.1, 0.15) is 71.2 Å². The van der Waals surface area contributed by atoms with Gasteiger partial charge in [0, 0.05) is 16.5 Å². The highest BCUT2D eigenvalue weighted by Gasteiger charge is 2.29. The summed E-state index contributed by atoms with van der Waals surface area (Å²) in [5.74, 6) is 8.05. The zero-order chi connectivity index (χ0) is 15.7. The number of rotatable bonds is 3. The summed E-state index contributed by atoms with van der Waals surface area (Å²) in [4.78, 5) is 9.32. The van der Waals surface area contributed by atoms with Crippen LogP contribution in [-0.2, 0) is 5.41 Å². The second-order valence-corrected chi connectivity index (χ2v) is 7.51. The molecule has 21 heavy (non-hydrogen) atoms. The summed E-state index contributed by atoms with van der Waals surface area (Å²) >= 11 is 0. The summed E-state index contributed by atoms with van der Waals surface area (Å²) in [6.07, 6.45) is 6.27. The van der Waals surface area contributed by atoms with Gasteiger partial charge in [0.05, 0.1) is 0 Å². The molecule has 0 unspecified atom stereocenters. The second kappa shape index (κ2) is 5.79. The molecule has 0 amide bonds. The van der Waals surface area contributed by atoms with Crippen LogP contribution >= 0.6 is 0 Å². The lowest BCUT2D eigenvalue weighted by Gasteiger charge is -2.36. The van der Waals surface area contributed by atoms with Crippen LogP contribution in [0.3, 0.4) is 0 Å². The summed E-state index contributed by atoms with van der Waals surface area (Å²) in [5.41, 5.74) is 3.71. The molecular formula is C16H29N5. The minimum atomic E-state index is -0.108. The number of nitrogens with zero attached hydrogens (tertiary/aromatic N) is 2. The van der Waals surface area contributed by atoms with Gasteiger partial charge in [-0.25, -0.2) is 15.8 Å². The molecule has 118 valence electrons. The Hall–Kier alpha value is -1.36. The van der Waals surface area contributed by atoms with Gasteiger partial charge in [0.15, 0.2) is 0 Å². The van der Waals surface area contributed by atoms with Gasteiger partial charge in [0.1, 0.15) is 17.5 Å². The fraction of sp³-hybridized carbons (Fsp3) is 0.750. The Kier molecular flexibility index (Phi) is 4.42. The maximum atomic E-state index is 5.63. The van der Waals surface area contributed by atoms with E-state index in [2.05, 4.69) is 43.4 Å². The largest absolute Gasteiger partial charge is 0.365 e. The molecule has 1 aromatic rings. The fourth-order valence-electron chi connectivity index (χ4n) is 2.86. The molecule has 2 rings (SSSR count). The van der Waals surface area contributed by atoms with Crippen molar-refractivity contribution in [2.24, 2.45) is 5.84 Å². The minimum Gasteiger partial charge on any atom is -0.365 e. The van der Waals surface area contributed by atoms with Crippen LogP contribution in [0.4, 0.5) is 11.6 Å². The summed E-state index contributed by atoms with van der Waals surface area (Å²) in [6, 6.07) is 0. The van der Waals surface area contributed by atoms with Crippen LogP contribution in [0.2, 0.25) is 0 Å². The molecule has 0 bridgehead atoms. The SMILES string of the molecule is Cc1c(NN)nc(C(C)(C)C)nc1NC1(C)CCCCC1. The van der Waals surface area contributed by atoms with Crippen molar-refractivity contribution in [2.75, 3.05) is 10.7 Å². The first-order valence-corrected chi connectivity index (χ1v) is 7.89. The van der Waals surface area contributed by atoms with E-state index >= 15 is 0 Å². The van der Waals surface area contributed by atoms with E-state index in [1.54, 1.807) is 0 Å². The van der Waals surface area contributed by atoms with Crippen molar-refractivity contribution in [3.8, 4) is 0 Å². The van der Waals surface area contributed by atoms with E-state index in [9.17, 15) is 0 Å². The van der Waals surface area contributed by atoms with Gasteiger partial charge in [0.25, 0.3) is 0 Å². The summed E-state index contributed by atoms with van der Waals surface area (Å²) in [7, 11) is 0. The molecule has 1 saturated carbocycles. The first-order chi connectivity index (χ1) is 9.75. The lowest BCUT2D eigenvalue weighted by atomic mass is 9.83. The van der Waals surface area contributed by atoms with Crippen molar-refractivity contribution in [3.05, 3.63) is 11.4 Å². The second-order valence-electron chi connectivity index (χ2n) is 7.51. The number of hydrogen-bond donors (Lipinski definition) is 3. The molecule has 1 aromatic heterocycles. The highest BCUT2D eigenvalue weighted by Crippen LogP contribution is 2.33. The molecule has 0 aromatic carbocycles. The Bertz CT molecular complexity index is 498. The molecule has 0 spiro atoms. The first-order valence-electron chi connectivity index (χ1n) is 7.89. The Morgan fingerprint density at radius 3 is 2.14 bits per heavy atom. The smallest absolute Gasteiger partial charge is 0.148 e. The minimum absolute atomic E-state index is 0.108. The number of hydrogen-bond acceptors (Lipinski definition) is 5. The van der Waals surface area contributed by atoms with Crippen molar-refractivity contribution in [1.29, 1.82) is 0 Å². The van der Waals surface area contributed by atoms with Gasteiger partial charge in [-0.15, -0.1) is 0 Å². The van der Waals surface area contributed by atoms with Crippen LogP contribution < -0.4 is 16.6 Å². The topological polar surface area (TPSA) is 75.9 Å². The van der Waals surface area contributed by atoms with Gasteiger partial charge in [-0.05, 0) is 26.7 Å². The molecule has 1 aliphatic carbocycles. The lowest BCUT2D eigenvalue weighted by molar-refractivity contribution is 0.348. The predicted molar refractivity (Wildman–Crippen MR) is 88.4 cm³/mol. The fourth-order valence-corrected chi connectivity index (χ4v) is 2.86. The van der Waals surface area contributed by atoms with Crippen molar-refractivity contribution < 1.29 is 0 Å². The quantitative estimate of drug-likeness (QED) is 0.587. The Morgan fingerprint density at radius 2 is 1.62 bits per heavy atom. The zero-order valence-electron chi connectivity index (χ0n) is 14.0. The zero-order valence-corrected chi connectivity index (χ0v) is 14.0. The third-order valence-corrected chi connectivity index (χ3v) is 4.33. The van der Waals surface area contributed by atoms with Crippen molar-refractivity contribution in [3.63, 3.8) is 0 Å². The third-order valence-electron chi connectivity index (χ3n) is 4.33. The molecule has 5 heteroatoms. The van der Waals surface area contributed by atoms with Gasteiger partial charge in [0.2, 0.25) is 0 Å². The molecule has 5 nitrogen and oxygen atoms in total.